The van der Waals surface area contributed by atoms with Gasteiger partial charge < -0.3 is 10.2 Å². The van der Waals surface area contributed by atoms with E-state index < -0.39 is 11.9 Å². The maximum atomic E-state index is 11.5. The van der Waals surface area contributed by atoms with Gasteiger partial charge >= 0.3 is 5.97 Å². The van der Waals surface area contributed by atoms with Gasteiger partial charge in [0.2, 0.25) is 0 Å². The predicted molar refractivity (Wildman–Crippen MR) is 73.3 cm³/mol. The van der Waals surface area contributed by atoms with E-state index in [1.165, 1.54) is 0 Å². The number of aryl methyl sites for hydroxylation is 1. The largest absolute Gasteiger partial charge is 0.506 e. The molecule has 0 fully saturated rings. The van der Waals surface area contributed by atoms with Crippen molar-refractivity contribution in [2.75, 3.05) is 0 Å². The average molecular weight is 272 g/mol. The zero-order valence-electron chi connectivity index (χ0n) is 11.2. The fraction of sp³-hybridized carbons (Fsp3) is 0.333. The second-order valence-electron chi connectivity index (χ2n) is 5.13. The molecular formula is C15H16N2O3. The van der Waals surface area contributed by atoms with Gasteiger partial charge in [0.05, 0.1) is 17.3 Å². The molecule has 1 aromatic heterocycles. The highest BCUT2D eigenvalue weighted by atomic mass is 16.4. The lowest BCUT2D eigenvalue weighted by atomic mass is 9.86. The van der Waals surface area contributed by atoms with Crippen LogP contribution in [0.3, 0.4) is 0 Å². The van der Waals surface area contributed by atoms with E-state index in [9.17, 15) is 15.0 Å². The summed E-state index contributed by atoms with van der Waals surface area (Å²) < 4.78 is 1.60. The first-order chi connectivity index (χ1) is 9.59. The lowest BCUT2D eigenvalue weighted by molar-refractivity contribution is -0.139. The third kappa shape index (κ3) is 1.86. The van der Waals surface area contributed by atoms with Crippen LogP contribution in [-0.2, 0) is 11.2 Å². The summed E-state index contributed by atoms with van der Waals surface area (Å²) in [6.07, 6.45) is 2.32. The van der Waals surface area contributed by atoms with Crippen molar-refractivity contribution in [2.45, 2.75) is 32.1 Å². The van der Waals surface area contributed by atoms with Crippen molar-refractivity contribution in [3.05, 3.63) is 41.2 Å². The van der Waals surface area contributed by atoms with Crippen molar-refractivity contribution in [1.82, 2.24) is 9.78 Å². The molecule has 20 heavy (non-hydrogen) atoms. The Morgan fingerprint density at radius 2 is 2.15 bits per heavy atom. The molecule has 0 bridgehead atoms. The smallest absolute Gasteiger partial charge is 0.312 e. The Morgan fingerprint density at radius 1 is 1.40 bits per heavy atom. The van der Waals surface area contributed by atoms with E-state index in [4.69, 9.17) is 0 Å². The molecule has 1 aliphatic rings. The molecule has 2 aromatic rings. The third-order valence-corrected chi connectivity index (χ3v) is 3.88. The van der Waals surface area contributed by atoms with Crippen molar-refractivity contribution >= 4 is 5.97 Å². The van der Waals surface area contributed by atoms with E-state index >= 15 is 0 Å². The van der Waals surface area contributed by atoms with Crippen LogP contribution in [0.25, 0.3) is 5.69 Å². The van der Waals surface area contributed by atoms with Gasteiger partial charge in [0.15, 0.2) is 0 Å². The minimum Gasteiger partial charge on any atom is -0.506 e. The Hall–Kier alpha value is -2.30. The van der Waals surface area contributed by atoms with Crippen LogP contribution in [0.5, 0.6) is 5.75 Å². The molecule has 1 aromatic carbocycles. The Bertz CT molecular complexity index is 676. The van der Waals surface area contributed by atoms with Gasteiger partial charge in [0.1, 0.15) is 11.4 Å². The number of phenolic OH excluding ortho intramolecular Hbond substituents is 1. The molecule has 0 spiro atoms. The summed E-state index contributed by atoms with van der Waals surface area (Å²) in [5.74, 6) is -1.28. The first-order valence-electron chi connectivity index (χ1n) is 6.69. The standard InChI is InChI=1S/C15H16N2O3/c1-9-10-5-4-6-11(15(19)20)14(10)17(16-9)12-7-2-3-8-13(12)18/h2-3,7-8,11,18H,4-6H2,1H3,(H,19,20). The molecule has 1 unspecified atom stereocenters. The molecule has 1 atom stereocenters. The Kier molecular flexibility index (Phi) is 2.97. The maximum absolute atomic E-state index is 11.5. The monoisotopic (exact) mass is 272 g/mol. The van der Waals surface area contributed by atoms with E-state index in [1.54, 1.807) is 28.9 Å². The van der Waals surface area contributed by atoms with Crippen molar-refractivity contribution in [2.24, 2.45) is 0 Å². The van der Waals surface area contributed by atoms with E-state index in [2.05, 4.69) is 5.10 Å². The summed E-state index contributed by atoms with van der Waals surface area (Å²) in [5.41, 5.74) is 3.09. The number of aromatic hydroxyl groups is 1. The zero-order valence-corrected chi connectivity index (χ0v) is 11.2. The van der Waals surface area contributed by atoms with Gasteiger partial charge in [-0.25, -0.2) is 4.68 Å². The van der Waals surface area contributed by atoms with E-state index in [0.717, 1.165) is 24.1 Å². The van der Waals surface area contributed by atoms with Gasteiger partial charge in [-0.2, -0.15) is 5.10 Å². The van der Waals surface area contributed by atoms with Crippen LogP contribution in [0, 0.1) is 6.92 Å². The number of hydrogen-bond donors (Lipinski definition) is 2. The number of hydrogen-bond acceptors (Lipinski definition) is 3. The molecule has 3 rings (SSSR count). The fourth-order valence-electron chi connectivity index (χ4n) is 2.93. The predicted octanol–water partition coefficient (Wildman–Crippen LogP) is 2.39. The van der Waals surface area contributed by atoms with Gasteiger partial charge in [-0.15, -0.1) is 0 Å². The van der Waals surface area contributed by atoms with Crippen LogP contribution in [0.15, 0.2) is 24.3 Å². The van der Waals surface area contributed by atoms with Gasteiger partial charge in [-0.05, 0) is 43.9 Å². The first kappa shape index (κ1) is 12.7. The van der Waals surface area contributed by atoms with Crippen molar-refractivity contribution in [3.63, 3.8) is 0 Å². The number of benzene rings is 1. The Labute approximate surface area is 116 Å². The van der Waals surface area contributed by atoms with Crippen molar-refractivity contribution in [1.29, 1.82) is 0 Å². The van der Waals surface area contributed by atoms with E-state index in [-0.39, 0.29) is 5.75 Å². The van der Waals surface area contributed by atoms with E-state index in [0.29, 0.717) is 17.8 Å². The van der Waals surface area contributed by atoms with Crippen LogP contribution < -0.4 is 0 Å². The van der Waals surface area contributed by atoms with Crippen LogP contribution in [0.4, 0.5) is 0 Å². The molecule has 2 N–H and O–H groups in total. The van der Waals surface area contributed by atoms with Gasteiger partial charge in [0.25, 0.3) is 0 Å². The Morgan fingerprint density at radius 3 is 2.85 bits per heavy atom. The van der Waals surface area contributed by atoms with Gasteiger partial charge in [-0.3, -0.25) is 4.79 Å². The number of nitrogens with zero attached hydrogens (tertiary/aromatic N) is 2. The average Bonchev–Trinajstić information content (AvgIpc) is 2.77. The molecule has 1 heterocycles. The molecule has 0 radical (unpaired) electrons. The molecule has 5 heteroatoms. The molecular weight excluding hydrogens is 256 g/mol. The first-order valence-corrected chi connectivity index (χ1v) is 6.69. The van der Waals surface area contributed by atoms with E-state index in [1.807, 2.05) is 6.92 Å². The highest BCUT2D eigenvalue weighted by Crippen LogP contribution is 2.36. The summed E-state index contributed by atoms with van der Waals surface area (Å²) in [4.78, 5) is 11.5. The summed E-state index contributed by atoms with van der Waals surface area (Å²) >= 11 is 0. The summed E-state index contributed by atoms with van der Waals surface area (Å²) in [7, 11) is 0. The third-order valence-electron chi connectivity index (χ3n) is 3.88. The summed E-state index contributed by atoms with van der Waals surface area (Å²) in [6, 6.07) is 6.86. The molecule has 0 aliphatic heterocycles. The number of carbonyl (C=O) groups is 1. The molecule has 0 saturated heterocycles. The zero-order chi connectivity index (χ0) is 14.3. The second-order valence-corrected chi connectivity index (χ2v) is 5.13. The quantitative estimate of drug-likeness (QED) is 0.880. The number of fused-ring (bicyclic) bond motifs is 1. The van der Waals surface area contributed by atoms with Crippen LogP contribution >= 0.6 is 0 Å². The molecule has 104 valence electrons. The number of phenols is 1. The number of carboxylic acids is 1. The second kappa shape index (κ2) is 4.67. The van der Waals surface area contributed by atoms with Crippen LogP contribution in [0.2, 0.25) is 0 Å². The number of aromatic nitrogens is 2. The lowest BCUT2D eigenvalue weighted by Crippen LogP contribution is -2.21. The number of carboxylic acid groups (broad SMARTS) is 1. The highest BCUT2D eigenvalue weighted by Gasteiger charge is 2.32. The summed E-state index contributed by atoms with van der Waals surface area (Å²) in [6.45, 7) is 1.89. The lowest BCUT2D eigenvalue weighted by Gasteiger charge is -2.21. The van der Waals surface area contributed by atoms with Crippen LogP contribution in [0.1, 0.15) is 35.7 Å². The minimum atomic E-state index is -0.831. The van der Waals surface area contributed by atoms with Gasteiger partial charge in [0, 0.05) is 0 Å². The number of para-hydroxylation sites is 2. The van der Waals surface area contributed by atoms with Crippen molar-refractivity contribution < 1.29 is 15.0 Å². The molecule has 0 saturated carbocycles. The number of aliphatic carboxylic acids is 1. The van der Waals surface area contributed by atoms with Crippen LogP contribution in [-0.4, -0.2) is 26.0 Å². The molecule has 1 aliphatic carbocycles. The summed E-state index contributed by atoms with van der Waals surface area (Å²) in [5, 5.41) is 23.9. The fourth-order valence-corrected chi connectivity index (χ4v) is 2.93. The SMILES string of the molecule is Cc1nn(-c2ccccc2O)c2c1CCCC2C(=O)O. The highest BCUT2D eigenvalue weighted by molar-refractivity contribution is 5.77. The van der Waals surface area contributed by atoms with Crippen molar-refractivity contribution in [3.8, 4) is 11.4 Å². The molecule has 5 nitrogen and oxygen atoms in total. The van der Waals surface area contributed by atoms with Gasteiger partial charge in [-0.1, -0.05) is 12.1 Å². The Balaban J connectivity index is 2.23. The number of rotatable bonds is 2. The minimum absolute atomic E-state index is 0.104. The topological polar surface area (TPSA) is 75.3 Å². The normalized spacial score (nSPS) is 17.8. The molecule has 0 amide bonds. The maximum Gasteiger partial charge on any atom is 0.312 e.